The quantitative estimate of drug-likeness (QED) is 0.400. The van der Waals surface area contributed by atoms with E-state index >= 15 is 0 Å². The van der Waals surface area contributed by atoms with E-state index in [1.165, 1.54) is 0 Å². The van der Waals surface area contributed by atoms with Crippen molar-refractivity contribution in [2.75, 3.05) is 31.0 Å². The van der Waals surface area contributed by atoms with E-state index in [-0.39, 0.29) is 17.7 Å². The molecule has 0 spiro atoms. The molecule has 1 heterocycles. The Balaban J connectivity index is 1.58. The number of nitrogens with one attached hydrogen (secondary N) is 2. The second-order valence-corrected chi connectivity index (χ2v) is 8.98. The van der Waals surface area contributed by atoms with Crippen molar-refractivity contribution < 1.29 is 19.0 Å². The first-order chi connectivity index (χ1) is 17.6. The summed E-state index contributed by atoms with van der Waals surface area (Å²) in [5.74, 6) is 2.34. The zero-order valence-corrected chi connectivity index (χ0v) is 21.0. The van der Waals surface area contributed by atoms with E-state index in [0.717, 1.165) is 39.5 Å². The number of Topliss-reactive ketones (excluding diaryl/α,β-unsaturated/α-hetero) is 1. The van der Waals surface area contributed by atoms with Crippen molar-refractivity contribution >= 4 is 17.2 Å². The summed E-state index contributed by atoms with van der Waals surface area (Å²) in [6, 6.07) is 21.7. The lowest BCUT2D eigenvalue weighted by Gasteiger charge is -2.30. The lowest BCUT2D eigenvalue weighted by Crippen LogP contribution is -2.27. The van der Waals surface area contributed by atoms with Crippen molar-refractivity contribution in [1.82, 2.24) is 0 Å². The fourth-order valence-corrected chi connectivity index (χ4v) is 5.18. The van der Waals surface area contributed by atoms with E-state index in [1.807, 2.05) is 80.6 Å². The highest BCUT2D eigenvalue weighted by Crippen LogP contribution is 2.46. The van der Waals surface area contributed by atoms with Crippen LogP contribution >= 0.6 is 0 Å². The van der Waals surface area contributed by atoms with Gasteiger partial charge in [0.15, 0.2) is 17.3 Å². The third-order valence-electron chi connectivity index (χ3n) is 6.80. The molecule has 0 bridgehead atoms. The van der Waals surface area contributed by atoms with Gasteiger partial charge in [0.1, 0.15) is 5.75 Å². The van der Waals surface area contributed by atoms with Gasteiger partial charge in [0, 0.05) is 23.3 Å². The molecular formula is C30H32N2O4. The van der Waals surface area contributed by atoms with Crippen LogP contribution in [-0.4, -0.2) is 26.1 Å². The minimum absolute atomic E-state index is 0.0291. The summed E-state index contributed by atoms with van der Waals surface area (Å²) in [6.45, 7) is 5.04. The summed E-state index contributed by atoms with van der Waals surface area (Å²) in [5.41, 5.74) is 5.65. The van der Waals surface area contributed by atoms with Gasteiger partial charge < -0.3 is 24.8 Å². The maximum absolute atomic E-state index is 13.9. The lowest BCUT2D eigenvalue weighted by atomic mass is 9.78. The van der Waals surface area contributed by atoms with Crippen LogP contribution in [0, 0.1) is 0 Å². The van der Waals surface area contributed by atoms with E-state index < -0.39 is 0 Å². The number of allylic oxidation sites excluding steroid dienone is 1. The summed E-state index contributed by atoms with van der Waals surface area (Å²) < 4.78 is 17.2. The molecular weight excluding hydrogens is 452 g/mol. The topological polar surface area (TPSA) is 68.8 Å². The Kier molecular flexibility index (Phi) is 6.85. The number of fused-ring (bicyclic) bond motifs is 1. The van der Waals surface area contributed by atoms with Crippen molar-refractivity contribution in [3.8, 4) is 17.2 Å². The van der Waals surface area contributed by atoms with Crippen molar-refractivity contribution in [2.45, 2.75) is 38.6 Å². The number of anilines is 2. The molecule has 6 nitrogen and oxygen atoms in total. The van der Waals surface area contributed by atoms with Crippen LogP contribution < -0.4 is 24.8 Å². The lowest BCUT2D eigenvalue weighted by molar-refractivity contribution is -0.116. The maximum Gasteiger partial charge on any atom is 0.163 e. The van der Waals surface area contributed by atoms with Gasteiger partial charge in [-0.2, -0.15) is 0 Å². The molecule has 0 radical (unpaired) electrons. The normalized spacial score (nSPS) is 18.8. The summed E-state index contributed by atoms with van der Waals surface area (Å²) in [6.07, 6.45) is 1.13. The van der Waals surface area contributed by atoms with Gasteiger partial charge in [-0.15, -0.1) is 0 Å². The average Bonchev–Trinajstić information content (AvgIpc) is 3.06. The molecule has 0 aromatic heterocycles. The minimum atomic E-state index is -0.317. The number of hydrogen-bond donors (Lipinski definition) is 2. The summed E-state index contributed by atoms with van der Waals surface area (Å²) in [7, 11) is 1.64. The molecule has 1 aliphatic carbocycles. The number of carbonyl (C=O) groups is 1. The Morgan fingerprint density at radius 3 is 2.33 bits per heavy atom. The molecule has 5 rings (SSSR count). The molecule has 3 aromatic rings. The zero-order chi connectivity index (χ0) is 25.1. The molecule has 3 aromatic carbocycles. The number of para-hydroxylation sites is 3. The largest absolute Gasteiger partial charge is 0.494 e. The predicted molar refractivity (Wildman–Crippen MR) is 142 cm³/mol. The Morgan fingerprint density at radius 2 is 1.56 bits per heavy atom. The van der Waals surface area contributed by atoms with Crippen LogP contribution in [0.3, 0.4) is 0 Å². The highest BCUT2D eigenvalue weighted by atomic mass is 16.5. The first-order valence-corrected chi connectivity index (χ1v) is 12.5. The zero-order valence-electron chi connectivity index (χ0n) is 21.0. The van der Waals surface area contributed by atoms with Crippen LogP contribution in [0.5, 0.6) is 17.2 Å². The molecule has 2 N–H and O–H groups in total. The Hall–Kier alpha value is -3.93. The third kappa shape index (κ3) is 4.51. The predicted octanol–water partition coefficient (Wildman–Crippen LogP) is 6.47. The van der Waals surface area contributed by atoms with Crippen LogP contribution in [0.1, 0.15) is 49.8 Å². The van der Waals surface area contributed by atoms with Gasteiger partial charge in [-0.1, -0.05) is 36.4 Å². The minimum Gasteiger partial charge on any atom is -0.494 e. The van der Waals surface area contributed by atoms with Crippen molar-refractivity contribution in [2.24, 2.45) is 0 Å². The first kappa shape index (κ1) is 23.8. The first-order valence-electron chi connectivity index (χ1n) is 12.5. The van der Waals surface area contributed by atoms with Gasteiger partial charge >= 0.3 is 0 Å². The van der Waals surface area contributed by atoms with E-state index in [2.05, 4.69) is 10.6 Å². The van der Waals surface area contributed by atoms with E-state index in [0.29, 0.717) is 37.6 Å². The Bertz CT molecular complexity index is 1300. The monoisotopic (exact) mass is 484 g/mol. The third-order valence-corrected chi connectivity index (χ3v) is 6.80. The van der Waals surface area contributed by atoms with Crippen molar-refractivity contribution in [3.63, 3.8) is 0 Å². The van der Waals surface area contributed by atoms with E-state index in [9.17, 15) is 4.79 Å². The fraction of sp³-hybridized carbons (Fsp3) is 0.300. The van der Waals surface area contributed by atoms with E-state index in [4.69, 9.17) is 14.2 Å². The van der Waals surface area contributed by atoms with Gasteiger partial charge in [-0.05, 0) is 62.1 Å². The summed E-state index contributed by atoms with van der Waals surface area (Å²) >= 11 is 0. The fourth-order valence-electron chi connectivity index (χ4n) is 5.18. The number of carbonyl (C=O) groups excluding carboxylic acids is 1. The standard InChI is InChI=1S/C30H32N2O4/c1-4-35-26-13-9-6-10-21(26)30-29-24(31-22-11-7-8-12-23(22)32-30)16-20(17-25(29)33)19-14-15-27(36-5-2)28(18-19)34-3/h6-15,18,20,30-32H,4-5,16-17H2,1-3H3/t20-,30-/m1/s1. The average molecular weight is 485 g/mol. The second-order valence-electron chi connectivity index (χ2n) is 8.98. The smallest absolute Gasteiger partial charge is 0.163 e. The number of ketones is 1. The number of methoxy groups -OCH3 is 1. The van der Waals surface area contributed by atoms with Gasteiger partial charge in [0.25, 0.3) is 0 Å². The van der Waals surface area contributed by atoms with Gasteiger partial charge in [0.2, 0.25) is 0 Å². The van der Waals surface area contributed by atoms with Crippen LogP contribution in [0.25, 0.3) is 0 Å². The molecule has 0 saturated carbocycles. The Morgan fingerprint density at radius 1 is 0.833 bits per heavy atom. The maximum atomic E-state index is 13.9. The summed E-state index contributed by atoms with van der Waals surface area (Å²) in [4.78, 5) is 13.9. The summed E-state index contributed by atoms with van der Waals surface area (Å²) in [5, 5.41) is 7.24. The second kappa shape index (κ2) is 10.4. The number of benzene rings is 3. The molecule has 0 amide bonds. The molecule has 0 saturated heterocycles. The van der Waals surface area contributed by atoms with Crippen molar-refractivity contribution in [1.29, 1.82) is 0 Å². The molecule has 0 fully saturated rings. The van der Waals surface area contributed by atoms with E-state index in [1.54, 1.807) is 7.11 Å². The molecule has 186 valence electrons. The van der Waals surface area contributed by atoms with Crippen LogP contribution in [0.2, 0.25) is 0 Å². The molecule has 2 aliphatic rings. The van der Waals surface area contributed by atoms with Crippen LogP contribution in [-0.2, 0) is 4.79 Å². The SMILES string of the molecule is CCOc1ccc([C@H]2CC(=O)C3=C(C2)Nc2ccccc2N[C@@H]3c2ccccc2OCC)cc1OC. The molecule has 36 heavy (non-hydrogen) atoms. The number of ether oxygens (including phenoxy) is 3. The number of rotatable bonds is 7. The Labute approximate surface area is 212 Å². The number of hydrogen-bond acceptors (Lipinski definition) is 6. The van der Waals surface area contributed by atoms with Crippen molar-refractivity contribution in [3.05, 3.63) is 89.1 Å². The molecule has 0 unspecified atom stereocenters. The molecule has 1 aliphatic heterocycles. The van der Waals surface area contributed by atoms with Gasteiger partial charge in [-0.3, -0.25) is 4.79 Å². The van der Waals surface area contributed by atoms with Crippen LogP contribution in [0.4, 0.5) is 11.4 Å². The highest BCUT2D eigenvalue weighted by molar-refractivity contribution is 6.01. The van der Waals surface area contributed by atoms with Gasteiger partial charge in [0.05, 0.1) is 37.7 Å². The highest BCUT2D eigenvalue weighted by Gasteiger charge is 2.37. The molecule has 6 heteroatoms. The molecule has 2 atom stereocenters. The van der Waals surface area contributed by atoms with Gasteiger partial charge in [-0.25, -0.2) is 0 Å². The van der Waals surface area contributed by atoms with Crippen LogP contribution in [0.15, 0.2) is 78.0 Å².